The number of carboxylic acid groups (broad SMARTS) is 1. The number of phenolic OH excluding ortho intramolecular Hbond substituents is 1. The average Bonchev–Trinajstić information content (AvgIpc) is 3.35. The highest BCUT2D eigenvalue weighted by molar-refractivity contribution is 5.74. The van der Waals surface area contributed by atoms with E-state index in [4.69, 9.17) is 4.74 Å². The highest BCUT2D eigenvalue weighted by atomic mass is 16.5. The standard InChI is InChI=1S/C18H19NO4/c20-14-5-9-16(10-6-14)23-15-7-1-12(2-8-15)11-17(18(21)22)19-13-3-4-13/h1-2,5-10,13,17,19-20H,3-4,11H2,(H,21,22)/t17-/m0/s1. The molecule has 2 aromatic rings. The monoisotopic (exact) mass is 313 g/mol. The van der Waals surface area contributed by atoms with Gasteiger partial charge in [0, 0.05) is 6.04 Å². The summed E-state index contributed by atoms with van der Waals surface area (Å²) in [6, 6.07) is 13.7. The number of hydrogen-bond acceptors (Lipinski definition) is 4. The van der Waals surface area contributed by atoms with Crippen LogP contribution in [0.4, 0.5) is 0 Å². The van der Waals surface area contributed by atoms with Crippen LogP contribution in [0.25, 0.3) is 0 Å². The van der Waals surface area contributed by atoms with Crippen LogP contribution in [0.15, 0.2) is 48.5 Å². The third-order valence-corrected chi connectivity index (χ3v) is 3.75. The number of carbonyl (C=O) groups is 1. The van der Waals surface area contributed by atoms with Crippen LogP contribution >= 0.6 is 0 Å². The summed E-state index contributed by atoms with van der Waals surface area (Å²) >= 11 is 0. The second-order valence-corrected chi connectivity index (χ2v) is 5.78. The van der Waals surface area contributed by atoms with Crippen LogP contribution in [0.5, 0.6) is 17.2 Å². The number of nitrogens with one attached hydrogen (secondary N) is 1. The Bertz CT molecular complexity index is 662. The molecule has 1 saturated carbocycles. The summed E-state index contributed by atoms with van der Waals surface area (Å²) in [4.78, 5) is 11.3. The molecular weight excluding hydrogens is 294 g/mol. The normalized spacial score (nSPS) is 15.1. The van der Waals surface area contributed by atoms with E-state index in [0.29, 0.717) is 24.0 Å². The minimum atomic E-state index is -0.818. The molecule has 0 bridgehead atoms. The summed E-state index contributed by atoms with van der Waals surface area (Å²) < 4.78 is 5.67. The number of ether oxygens (including phenoxy) is 1. The van der Waals surface area contributed by atoms with Crippen LogP contribution in [0.1, 0.15) is 18.4 Å². The molecule has 5 nitrogen and oxygen atoms in total. The second kappa shape index (κ2) is 6.71. The molecule has 3 rings (SSSR count). The van der Waals surface area contributed by atoms with Gasteiger partial charge in [-0.3, -0.25) is 4.79 Å². The Morgan fingerprint density at radius 3 is 2.17 bits per heavy atom. The van der Waals surface area contributed by atoms with Crippen LogP contribution in [-0.2, 0) is 11.2 Å². The predicted molar refractivity (Wildman–Crippen MR) is 85.9 cm³/mol. The SMILES string of the molecule is O=C(O)[C@H](Cc1ccc(Oc2ccc(O)cc2)cc1)NC1CC1. The lowest BCUT2D eigenvalue weighted by molar-refractivity contribution is -0.139. The Morgan fingerprint density at radius 2 is 1.65 bits per heavy atom. The maximum absolute atomic E-state index is 11.3. The molecule has 0 spiro atoms. The molecule has 0 unspecified atom stereocenters. The van der Waals surface area contributed by atoms with Gasteiger partial charge in [0.05, 0.1) is 0 Å². The van der Waals surface area contributed by atoms with Crippen molar-refractivity contribution in [2.24, 2.45) is 0 Å². The zero-order chi connectivity index (χ0) is 16.2. The Labute approximate surface area is 134 Å². The maximum atomic E-state index is 11.3. The Balaban J connectivity index is 1.61. The molecule has 0 aromatic heterocycles. The van der Waals surface area contributed by atoms with Gasteiger partial charge in [-0.25, -0.2) is 0 Å². The lowest BCUT2D eigenvalue weighted by atomic mass is 10.1. The van der Waals surface area contributed by atoms with E-state index in [1.807, 2.05) is 24.3 Å². The molecule has 3 N–H and O–H groups in total. The van der Waals surface area contributed by atoms with Crippen molar-refractivity contribution in [1.29, 1.82) is 0 Å². The number of phenols is 1. The first kappa shape index (κ1) is 15.4. The fourth-order valence-electron chi connectivity index (χ4n) is 2.33. The fraction of sp³-hybridized carbons (Fsp3) is 0.278. The topological polar surface area (TPSA) is 78.8 Å². The van der Waals surface area contributed by atoms with Gasteiger partial charge in [-0.15, -0.1) is 0 Å². The van der Waals surface area contributed by atoms with Crippen molar-refractivity contribution < 1.29 is 19.7 Å². The van der Waals surface area contributed by atoms with Gasteiger partial charge in [0.15, 0.2) is 0 Å². The number of aliphatic carboxylic acids is 1. The number of rotatable bonds is 7. The molecule has 2 aromatic carbocycles. The molecular formula is C18H19NO4. The van der Waals surface area contributed by atoms with E-state index >= 15 is 0 Å². The van der Waals surface area contributed by atoms with E-state index < -0.39 is 12.0 Å². The summed E-state index contributed by atoms with van der Waals surface area (Å²) in [6.45, 7) is 0. The number of benzene rings is 2. The van der Waals surface area contributed by atoms with Gasteiger partial charge in [0.1, 0.15) is 23.3 Å². The molecule has 1 aliphatic carbocycles. The van der Waals surface area contributed by atoms with Gasteiger partial charge in [-0.1, -0.05) is 12.1 Å². The smallest absolute Gasteiger partial charge is 0.321 e. The second-order valence-electron chi connectivity index (χ2n) is 5.78. The lowest BCUT2D eigenvalue weighted by Gasteiger charge is -2.14. The van der Waals surface area contributed by atoms with Crippen LogP contribution < -0.4 is 10.1 Å². The molecule has 120 valence electrons. The van der Waals surface area contributed by atoms with Crippen molar-refractivity contribution in [3.8, 4) is 17.2 Å². The van der Waals surface area contributed by atoms with E-state index in [-0.39, 0.29) is 5.75 Å². The number of carboxylic acids is 1. The zero-order valence-corrected chi connectivity index (χ0v) is 12.6. The maximum Gasteiger partial charge on any atom is 0.321 e. The first-order valence-electron chi connectivity index (χ1n) is 7.65. The quantitative estimate of drug-likeness (QED) is 0.732. The van der Waals surface area contributed by atoms with Crippen molar-refractivity contribution in [2.45, 2.75) is 31.3 Å². The largest absolute Gasteiger partial charge is 0.508 e. The minimum Gasteiger partial charge on any atom is -0.508 e. The zero-order valence-electron chi connectivity index (χ0n) is 12.6. The van der Waals surface area contributed by atoms with E-state index in [0.717, 1.165) is 18.4 Å². The van der Waals surface area contributed by atoms with E-state index in [2.05, 4.69) is 5.32 Å². The molecule has 0 radical (unpaired) electrons. The van der Waals surface area contributed by atoms with Gasteiger partial charge in [-0.05, 0) is 61.2 Å². The molecule has 5 heteroatoms. The van der Waals surface area contributed by atoms with Crippen LogP contribution in [0, 0.1) is 0 Å². The lowest BCUT2D eigenvalue weighted by Crippen LogP contribution is -2.39. The molecule has 1 atom stereocenters. The first-order chi connectivity index (χ1) is 11.1. The van der Waals surface area contributed by atoms with Gasteiger partial charge in [0.2, 0.25) is 0 Å². The summed E-state index contributed by atoms with van der Waals surface area (Å²) in [5, 5.41) is 21.7. The summed E-state index contributed by atoms with van der Waals surface area (Å²) in [5.74, 6) is 0.674. The van der Waals surface area contributed by atoms with Gasteiger partial charge in [0.25, 0.3) is 0 Å². The molecule has 23 heavy (non-hydrogen) atoms. The molecule has 1 aliphatic rings. The molecule has 0 amide bonds. The highest BCUT2D eigenvalue weighted by Gasteiger charge is 2.28. The molecule has 0 aliphatic heterocycles. The minimum absolute atomic E-state index is 0.190. The van der Waals surface area contributed by atoms with Crippen LogP contribution in [0.3, 0.4) is 0 Å². The summed E-state index contributed by atoms with van der Waals surface area (Å²) in [6.07, 6.45) is 2.57. The van der Waals surface area contributed by atoms with Crippen molar-refractivity contribution in [2.75, 3.05) is 0 Å². The summed E-state index contributed by atoms with van der Waals surface area (Å²) in [5.41, 5.74) is 0.948. The average molecular weight is 313 g/mol. The number of hydrogen-bond donors (Lipinski definition) is 3. The Hall–Kier alpha value is -2.53. The highest BCUT2D eigenvalue weighted by Crippen LogP contribution is 2.24. The van der Waals surface area contributed by atoms with E-state index in [9.17, 15) is 15.0 Å². The third kappa shape index (κ3) is 4.47. The van der Waals surface area contributed by atoms with Gasteiger partial charge in [-0.2, -0.15) is 0 Å². The van der Waals surface area contributed by atoms with Crippen molar-refractivity contribution in [3.05, 3.63) is 54.1 Å². The van der Waals surface area contributed by atoms with Gasteiger partial charge >= 0.3 is 5.97 Å². The predicted octanol–water partition coefficient (Wildman–Crippen LogP) is 2.93. The summed E-state index contributed by atoms with van der Waals surface area (Å²) in [7, 11) is 0. The fourth-order valence-corrected chi connectivity index (χ4v) is 2.33. The van der Waals surface area contributed by atoms with Crippen LogP contribution in [-0.4, -0.2) is 28.3 Å². The Morgan fingerprint density at radius 1 is 1.09 bits per heavy atom. The van der Waals surface area contributed by atoms with Crippen molar-refractivity contribution >= 4 is 5.97 Å². The third-order valence-electron chi connectivity index (χ3n) is 3.75. The van der Waals surface area contributed by atoms with E-state index in [1.54, 1.807) is 24.3 Å². The number of aromatic hydroxyl groups is 1. The van der Waals surface area contributed by atoms with Crippen molar-refractivity contribution in [3.63, 3.8) is 0 Å². The van der Waals surface area contributed by atoms with E-state index in [1.165, 1.54) is 0 Å². The molecule has 0 saturated heterocycles. The first-order valence-corrected chi connectivity index (χ1v) is 7.65. The van der Waals surface area contributed by atoms with Gasteiger partial charge < -0.3 is 20.3 Å². The molecule has 1 fully saturated rings. The van der Waals surface area contributed by atoms with Crippen LogP contribution in [0.2, 0.25) is 0 Å². The molecule has 0 heterocycles. The van der Waals surface area contributed by atoms with Crippen molar-refractivity contribution in [1.82, 2.24) is 5.32 Å². The Kier molecular flexibility index (Phi) is 4.48.